The minimum Gasteiger partial charge on any atom is -0.368 e. The van der Waals surface area contributed by atoms with Gasteiger partial charge in [0.05, 0.1) is 6.10 Å². The fourth-order valence-electron chi connectivity index (χ4n) is 0.773. The normalized spacial score (nSPS) is 12.8. The first-order valence-corrected chi connectivity index (χ1v) is 4.86. The van der Waals surface area contributed by atoms with Gasteiger partial charge in [0, 0.05) is 6.42 Å². The first-order valence-electron chi connectivity index (χ1n) is 4.86. The van der Waals surface area contributed by atoms with E-state index in [4.69, 9.17) is 9.84 Å². The third kappa shape index (κ3) is 12.6. The van der Waals surface area contributed by atoms with Crippen LogP contribution in [0, 0.1) is 5.92 Å². The van der Waals surface area contributed by atoms with Crippen molar-refractivity contribution in [1.82, 2.24) is 0 Å². The minimum absolute atomic E-state index is 0.119. The van der Waals surface area contributed by atoms with Gasteiger partial charge in [0.25, 0.3) is 0 Å². The fourth-order valence-corrected chi connectivity index (χ4v) is 0.773. The van der Waals surface area contributed by atoms with E-state index >= 15 is 0 Å². The molecule has 0 bridgehead atoms. The molecule has 2 heteroatoms. The summed E-state index contributed by atoms with van der Waals surface area (Å²) in [6, 6.07) is 0. The van der Waals surface area contributed by atoms with E-state index in [1.165, 1.54) is 0 Å². The van der Waals surface area contributed by atoms with Gasteiger partial charge in [-0.25, -0.2) is 0 Å². The van der Waals surface area contributed by atoms with Crippen molar-refractivity contribution in [1.29, 1.82) is 0 Å². The van der Waals surface area contributed by atoms with Crippen LogP contribution in [0.15, 0.2) is 0 Å². The maximum atomic E-state index is 9.17. The van der Waals surface area contributed by atoms with Crippen LogP contribution in [0.25, 0.3) is 0 Å². The Morgan fingerprint density at radius 3 is 1.75 bits per heavy atom. The summed E-state index contributed by atoms with van der Waals surface area (Å²) in [5.74, 6) is 0.494. The van der Waals surface area contributed by atoms with Crippen molar-refractivity contribution in [3.63, 3.8) is 0 Å². The molecule has 0 heterocycles. The van der Waals surface area contributed by atoms with E-state index in [-0.39, 0.29) is 6.10 Å². The monoisotopic (exact) mass is 176 g/mol. The highest BCUT2D eigenvalue weighted by Gasteiger charge is 2.07. The molecule has 2 nitrogen and oxygen atoms in total. The van der Waals surface area contributed by atoms with Crippen LogP contribution in [0.1, 0.15) is 48.0 Å². The Kier molecular flexibility index (Phi) is 10.8. The average Bonchev–Trinajstić information content (AvgIpc) is 1.87. The Balaban J connectivity index is 0. The molecular formula is C10H24O2. The molecule has 0 aliphatic rings. The zero-order valence-electron chi connectivity index (χ0n) is 9.29. The molecular weight excluding hydrogens is 152 g/mol. The van der Waals surface area contributed by atoms with Gasteiger partial charge in [-0.15, -0.1) is 0 Å². The second kappa shape index (κ2) is 9.01. The lowest BCUT2D eigenvalue weighted by Crippen LogP contribution is -2.18. The standard InChI is InChI=1S/C8H18O2.C2H6/c1-6(2)5-8(9)10-7(3)4;1-2/h6-9H,5H2,1-4H3;1-2H3. The van der Waals surface area contributed by atoms with Crippen molar-refractivity contribution < 1.29 is 9.84 Å². The first-order chi connectivity index (χ1) is 5.52. The summed E-state index contributed by atoms with van der Waals surface area (Å²) in [7, 11) is 0. The zero-order valence-corrected chi connectivity index (χ0v) is 9.29. The highest BCUT2D eigenvalue weighted by Crippen LogP contribution is 2.07. The van der Waals surface area contributed by atoms with E-state index < -0.39 is 6.29 Å². The molecule has 1 atom stereocenters. The lowest BCUT2D eigenvalue weighted by Gasteiger charge is -2.16. The van der Waals surface area contributed by atoms with E-state index in [2.05, 4.69) is 13.8 Å². The van der Waals surface area contributed by atoms with Gasteiger partial charge in [0.2, 0.25) is 0 Å². The number of hydrogen-bond donors (Lipinski definition) is 1. The summed E-state index contributed by atoms with van der Waals surface area (Å²) in [4.78, 5) is 0. The molecule has 0 aliphatic carbocycles. The van der Waals surface area contributed by atoms with Crippen LogP contribution >= 0.6 is 0 Å². The van der Waals surface area contributed by atoms with Crippen molar-refractivity contribution in [2.75, 3.05) is 0 Å². The van der Waals surface area contributed by atoms with Crippen molar-refractivity contribution in [2.45, 2.75) is 60.4 Å². The molecule has 0 aromatic rings. The van der Waals surface area contributed by atoms with Crippen molar-refractivity contribution >= 4 is 0 Å². The SMILES string of the molecule is CC.CC(C)CC(O)OC(C)C. The maximum Gasteiger partial charge on any atom is 0.155 e. The summed E-state index contributed by atoms with van der Waals surface area (Å²) in [5.41, 5.74) is 0. The third-order valence-electron chi connectivity index (χ3n) is 1.10. The van der Waals surface area contributed by atoms with Crippen LogP contribution < -0.4 is 0 Å². The molecule has 76 valence electrons. The summed E-state index contributed by atoms with van der Waals surface area (Å²) in [6.07, 6.45) is 0.256. The largest absolute Gasteiger partial charge is 0.368 e. The Hall–Kier alpha value is -0.0800. The van der Waals surface area contributed by atoms with Gasteiger partial charge < -0.3 is 9.84 Å². The van der Waals surface area contributed by atoms with Crippen LogP contribution in [0.4, 0.5) is 0 Å². The van der Waals surface area contributed by atoms with Gasteiger partial charge in [-0.05, 0) is 19.8 Å². The third-order valence-corrected chi connectivity index (χ3v) is 1.10. The van der Waals surface area contributed by atoms with Crippen molar-refractivity contribution in [2.24, 2.45) is 5.92 Å². The molecule has 1 unspecified atom stereocenters. The van der Waals surface area contributed by atoms with Crippen LogP contribution in [0.3, 0.4) is 0 Å². The molecule has 0 aromatic carbocycles. The van der Waals surface area contributed by atoms with Gasteiger partial charge in [0.15, 0.2) is 6.29 Å². The smallest absolute Gasteiger partial charge is 0.155 e. The maximum absolute atomic E-state index is 9.17. The summed E-state index contributed by atoms with van der Waals surface area (Å²) < 4.78 is 5.12. The second-order valence-electron chi connectivity index (χ2n) is 3.27. The van der Waals surface area contributed by atoms with Crippen LogP contribution in [-0.4, -0.2) is 17.5 Å². The molecule has 0 saturated carbocycles. The van der Waals surface area contributed by atoms with Gasteiger partial charge in [0.1, 0.15) is 0 Å². The highest BCUT2D eigenvalue weighted by atomic mass is 16.6. The van der Waals surface area contributed by atoms with E-state index in [0.717, 1.165) is 6.42 Å². The summed E-state index contributed by atoms with van der Waals surface area (Å²) >= 11 is 0. The van der Waals surface area contributed by atoms with Gasteiger partial charge >= 0.3 is 0 Å². The van der Waals surface area contributed by atoms with Gasteiger partial charge in [-0.3, -0.25) is 0 Å². The molecule has 0 fully saturated rings. The lowest BCUT2D eigenvalue weighted by molar-refractivity contribution is -0.133. The summed E-state index contributed by atoms with van der Waals surface area (Å²) in [5, 5.41) is 9.17. The molecule has 0 amide bonds. The molecule has 0 rings (SSSR count). The number of aliphatic hydroxyl groups excluding tert-OH is 1. The Labute approximate surface area is 76.9 Å². The topological polar surface area (TPSA) is 29.5 Å². The molecule has 12 heavy (non-hydrogen) atoms. The molecule has 0 aliphatic heterocycles. The Morgan fingerprint density at radius 2 is 1.50 bits per heavy atom. The number of ether oxygens (including phenoxy) is 1. The number of hydrogen-bond acceptors (Lipinski definition) is 2. The lowest BCUT2D eigenvalue weighted by atomic mass is 10.1. The second-order valence-corrected chi connectivity index (χ2v) is 3.27. The Morgan fingerprint density at radius 1 is 1.08 bits per heavy atom. The molecule has 0 radical (unpaired) electrons. The first kappa shape index (κ1) is 14.4. The predicted octanol–water partition coefficient (Wildman–Crippen LogP) is 2.80. The quantitative estimate of drug-likeness (QED) is 0.667. The molecule has 1 N–H and O–H groups in total. The molecule has 0 spiro atoms. The van der Waals surface area contributed by atoms with E-state index in [0.29, 0.717) is 5.92 Å². The van der Waals surface area contributed by atoms with Crippen LogP contribution in [0.2, 0.25) is 0 Å². The van der Waals surface area contributed by atoms with Gasteiger partial charge in [-0.2, -0.15) is 0 Å². The fraction of sp³-hybridized carbons (Fsp3) is 1.00. The van der Waals surface area contributed by atoms with Gasteiger partial charge in [-0.1, -0.05) is 27.7 Å². The van der Waals surface area contributed by atoms with Crippen LogP contribution in [0.5, 0.6) is 0 Å². The average molecular weight is 176 g/mol. The number of aliphatic hydroxyl groups is 1. The van der Waals surface area contributed by atoms with Crippen molar-refractivity contribution in [3.8, 4) is 0 Å². The van der Waals surface area contributed by atoms with E-state index in [1.54, 1.807) is 0 Å². The Bertz CT molecular complexity index is 69.9. The number of rotatable bonds is 4. The zero-order chi connectivity index (χ0) is 10.1. The van der Waals surface area contributed by atoms with E-state index in [1.807, 2.05) is 27.7 Å². The predicted molar refractivity (Wildman–Crippen MR) is 53.0 cm³/mol. The summed E-state index contributed by atoms with van der Waals surface area (Å²) in [6.45, 7) is 12.0. The molecule has 0 saturated heterocycles. The minimum atomic E-state index is -0.583. The highest BCUT2D eigenvalue weighted by molar-refractivity contribution is 4.49. The van der Waals surface area contributed by atoms with E-state index in [9.17, 15) is 0 Å². The van der Waals surface area contributed by atoms with Crippen molar-refractivity contribution in [3.05, 3.63) is 0 Å². The van der Waals surface area contributed by atoms with Crippen LogP contribution in [-0.2, 0) is 4.74 Å². The molecule has 0 aromatic heterocycles.